The summed E-state index contributed by atoms with van der Waals surface area (Å²) >= 11 is 7.56. The molecular weight excluding hydrogens is 410 g/mol. The van der Waals surface area contributed by atoms with E-state index in [-0.39, 0.29) is 12.5 Å². The molecule has 148 valence electrons. The van der Waals surface area contributed by atoms with E-state index in [9.17, 15) is 14.4 Å². The zero-order chi connectivity index (χ0) is 21.0. The first-order valence-electron chi connectivity index (χ1n) is 8.68. The summed E-state index contributed by atoms with van der Waals surface area (Å²) in [5, 5.41) is 5.87. The molecule has 0 fully saturated rings. The van der Waals surface area contributed by atoms with E-state index in [1.807, 2.05) is 31.2 Å². The normalized spacial score (nSPS) is 10.4. The summed E-state index contributed by atoms with van der Waals surface area (Å²) in [5.74, 6) is -1.37. The van der Waals surface area contributed by atoms with Crippen molar-refractivity contribution in [2.75, 3.05) is 11.9 Å². The van der Waals surface area contributed by atoms with Crippen molar-refractivity contribution in [2.45, 2.75) is 6.92 Å². The van der Waals surface area contributed by atoms with Gasteiger partial charge in [-0.2, -0.15) is 0 Å². The molecule has 6 nitrogen and oxygen atoms in total. The average Bonchev–Trinajstić information content (AvgIpc) is 3.18. The Morgan fingerprint density at radius 2 is 1.79 bits per heavy atom. The predicted octanol–water partition coefficient (Wildman–Crippen LogP) is 3.84. The minimum atomic E-state index is -0.633. The van der Waals surface area contributed by atoms with Crippen molar-refractivity contribution in [1.82, 2.24) is 5.32 Å². The Morgan fingerprint density at radius 3 is 2.52 bits per heavy atom. The van der Waals surface area contributed by atoms with Crippen LogP contribution < -0.4 is 16.4 Å². The third-order valence-corrected chi connectivity index (χ3v) is 5.59. The van der Waals surface area contributed by atoms with Crippen LogP contribution in [-0.4, -0.2) is 24.3 Å². The van der Waals surface area contributed by atoms with Gasteiger partial charge in [0.05, 0.1) is 11.4 Å². The molecule has 0 saturated heterocycles. The van der Waals surface area contributed by atoms with E-state index in [4.69, 9.17) is 17.3 Å². The summed E-state index contributed by atoms with van der Waals surface area (Å²) in [6, 6.07) is 15.9. The van der Waals surface area contributed by atoms with Gasteiger partial charge >= 0.3 is 0 Å². The molecule has 3 aromatic rings. The molecule has 1 heterocycles. The SMILES string of the molecule is Cc1ccc(C(=O)NCC(N)=O)cc1NC(=O)c1ccc(-c2ccccc2Cl)s1. The molecule has 0 saturated carbocycles. The van der Waals surface area contributed by atoms with Gasteiger partial charge in [0.15, 0.2) is 0 Å². The van der Waals surface area contributed by atoms with Gasteiger partial charge in [-0.25, -0.2) is 0 Å². The Labute approximate surface area is 176 Å². The van der Waals surface area contributed by atoms with Crippen LogP contribution in [0.15, 0.2) is 54.6 Å². The van der Waals surface area contributed by atoms with Gasteiger partial charge in [0.1, 0.15) is 0 Å². The van der Waals surface area contributed by atoms with Crippen LogP contribution in [0.1, 0.15) is 25.6 Å². The maximum atomic E-state index is 12.7. The molecule has 4 N–H and O–H groups in total. The molecule has 0 spiro atoms. The standard InChI is InChI=1S/C21H18ClN3O3S/c1-12-6-7-13(20(27)24-11-19(23)26)10-16(12)25-21(28)18-9-8-17(29-18)14-4-2-3-5-15(14)22/h2-10H,11H2,1H3,(H2,23,26)(H,24,27)(H,25,28). The molecule has 3 rings (SSSR count). The number of aryl methyl sites for hydroxylation is 1. The monoisotopic (exact) mass is 427 g/mol. The molecule has 1 aromatic heterocycles. The fourth-order valence-corrected chi connectivity index (χ4v) is 3.85. The smallest absolute Gasteiger partial charge is 0.265 e. The Balaban J connectivity index is 1.77. The highest BCUT2D eigenvalue weighted by atomic mass is 35.5. The van der Waals surface area contributed by atoms with Crippen LogP contribution in [-0.2, 0) is 4.79 Å². The number of anilines is 1. The molecule has 0 aliphatic rings. The Morgan fingerprint density at radius 1 is 1.03 bits per heavy atom. The fourth-order valence-electron chi connectivity index (χ4n) is 2.62. The summed E-state index contributed by atoms with van der Waals surface area (Å²) in [6.07, 6.45) is 0. The van der Waals surface area contributed by atoms with E-state index in [0.717, 1.165) is 16.0 Å². The van der Waals surface area contributed by atoms with E-state index >= 15 is 0 Å². The van der Waals surface area contributed by atoms with Crippen LogP contribution in [0.2, 0.25) is 5.02 Å². The maximum absolute atomic E-state index is 12.7. The second-order valence-corrected chi connectivity index (χ2v) is 7.77. The van der Waals surface area contributed by atoms with Crippen molar-refractivity contribution in [3.63, 3.8) is 0 Å². The highest BCUT2D eigenvalue weighted by Crippen LogP contribution is 2.33. The van der Waals surface area contributed by atoms with E-state index in [0.29, 0.717) is 21.2 Å². The van der Waals surface area contributed by atoms with Gasteiger partial charge in [0.25, 0.3) is 11.8 Å². The van der Waals surface area contributed by atoms with Crippen molar-refractivity contribution in [1.29, 1.82) is 0 Å². The molecule has 0 unspecified atom stereocenters. The lowest BCUT2D eigenvalue weighted by molar-refractivity contribution is -0.117. The van der Waals surface area contributed by atoms with E-state index in [1.54, 1.807) is 30.3 Å². The second-order valence-electron chi connectivity index (χ2n) is 6.28. The van der Waals surface area contributed by atoms with Crippen molar-refractivity contribution in [2.24, 2.45) is 5.73 Å². The highest BCUT2D eigenvalue weighted by Gasteiger charge is 2.15. The molecule has 0 bridgehead atoms. The minimum absolute atomic E-state index is 0.256. The predicted molar refractivity (Wildman–Crippen MR) is 115 cm³/mol. The average molecular weight is 428 g/mol. The summed E-state index contributed by atoms with van der Waals surface area (Å²) in [4.78, 5) is 37.0. The number of nitrogens with one attached hydrogen (secondary N) is 2. The lowest BCUT2D eigenvalue weighted by Crippen LogP contribution is -2.33. The van der Waals surface area contributed by atoms with Gasteiger partial charge in [-0.1, -0.05) is 35.9 Å². The molecule has 8 heteroatoms. The molecule has 0 aliphatic carbocycles. The minimum Gasteiger partial charge on any atom is -0.368 e. The van der Waals surface area contributed by atoms with Crippen LogP contribution in [0.3, 0.4) is 0 Å². The molecule has 0 atom stereocenters. The zero-order valence-corrected chi connectivity index (χ0v) is 17.1. The van der Waals surface area contributed by atoms with Gasteiger partial charge in [-0.05, 0) is 42.8 Å². The number of halogens is 1. The molecule has 29 heavy (non-hydrogen) atoms. The topological polar surface area (TPSA) is 101 Å². The number of rotatable bonds is 6. The number of nitrogens with two attached hydrogens (primary N) is 1. The van der Waals surface area contributed by atoms with Crippen molar-refractivity contribution >= 4 is 46.3 Å². The maximum Gasteiger partial charge on any atom is 0.265 e. The fraction of sp³-hybridized carbons (Fsp3) is 0.0952. The van der Waals surface area contributed by atoms with E-state index in [1.165, 1.54) is 11.3 Å². The number of carbonyl (C=O) groups is 3. The molecule has 2 aromatic carbocycles. The Kier molecular flexibility index (Phi) is 6.31. The highest BCUT2D eigenvalue weighted by molar-refractivity contribution is 7.17. The second kappa shape index (κ2) is 8.89. The number of amides is 3. The van der Waals surface area contributed by atoms with E-state index < -0.39 is 11.8 Å². The third-order valence-electron chi connectivity index (χ3n) is 4.14. The number of thiophene rings is 1. The van der Waals surface area contributed by atoms with Gasteiger partial charge in [-0.3, -0.25) is 14.4 Å². The molecule has 3 amide bonds. The van der Waals surface area contributed by atoms with Gasteiger partial charge in [-0.15, -0.1) is 11.3 Å². The third kappa shape index (κ3) is 5.01. The summed E-state index contributed by atoms with van der Waals surface area (Å²) < 4.78 is 0. The van der Waals surface area contributed by atoms with Crippen LogP contribution in [0.25, 0.3) is 10.4 Å². The van der Waals surface area contributed by atoms with Crippen LogP contribution in [0.4, 0.5) is 5.69 Å². The first-order chi connectivity index (χ1) is 13.8. The Bertz CT molecular complexity index is 1090. The van der Waals surface area contributed by atoms with Crippen molar-refractivity contribution < 1.29 is 14.4 Å². The van der Waals surface area contributed by atoms with E-state index in [2.05, 4.69) is 10.6 Å². The molecule has 0 aliphatic heterocycles. The van der Waals surface area contributed by atoms with Gasteiger partial charge < -0.3 is 16.4 Å². The van der Waals surface area contributed by atoms with Crippen molar-refractivity contribution in [3.8, 4) is 10.4 Å². The summed E-state index contributed by atoms with van der Waals surface area (Å²) in [6.45, 7) is 1.57. The summed E-state index contributed by atoms with van der Waals surface area (Å²) in [5.41, 5.74) is 7.52. The number of carbonyl (C=O) groups excluding carboxylic acids is 3. The Hall–Kier alpha value is -3.16. The molecule has 0 radical (unpaired) electrons. The lowest BCUT2D eigenvalue weighted by atomic mass is 10.1. The van der Waals surface area contributed by atoms with Crippen LogP contribution in [0, 0.1) is 6.92 Å². The largest absolute Gasteiger partial charge is 0.368 e. The zero-order valence-electron chi connectivity index (χ0n) is 15.5. The quantitative estimate of drug-likeness (QED) is 0.556. The number of benzene rings is 2. The van der Waals surface area contributed by atoms with Crippen LogP contribution >= 0.6 is 22.9 Å². The van der Waals surface area contributed by atoms with Crippen LogP contribution in [0.5, 0.6) is 0 Å². The first kappa shape index (κ1) is 20.6. The first-order valence-corrected chi connectivity index (χ1v) is 9.88. The number of primary amides is 1. The lowest BCUT2D eigenvalue weighted by Gasteiger charge is -2.10. The van der Waals surface area contributed by atoms with Gasteiger partial charge in [0, 0.05) is 26.7 Å². The number of hydrogen-bond acceptors (Lipinski definition) is 4. The molecular formula is C21H18ClN3O3S. The number of hydrogen-bond donors (Lipinski definition) is 3. The summed E-state index contributed by atoms with van der Waals surface area (Å²) in [7, 11) is 0. The van der Waals surface area contributed by atoms with Crippen molar-refractivity contribution in [3.05, 3.63) is 75.6 Å². The van der Waals surface area contributed by atoms with Gasteiger partial charge in [0.2, 0.25) is 5.91 Å².